The van der Waals surface area contributed by atoms with E-state index < -0.39 is 0 Å². The first kappa shape index (κ1) is 22.8. The smallest absolute Gasteiger partial charge is 0.222 e. The van der Waals surface area contributed by atoms with Crippen molar-refractivity contribution in [3.05, 3.63) is 29.3 Å². The van der Waals surface area contributed by atoms with Crippen LogP contribution in [0.25, 0.3) is 0 Å². The lowest BCUT2D eigenvalue weighted by Crippen LogP contribution is -2.32. The fourth-order valence-corrected chi connectivity index (χ4v) is 3.92. The first-order valence-electron chi connectivity index (χ1n) is 11.4. The Labute approximate surface area is 172 Å². The number of aryl methyl sites for hydroxylation is 1. The Hall–Kier alpha value is -1.51. The molecule has 1 aliphatic heterocycles. The summed E-state index contributed by atoms with van der Waals surface area (Å²) in [6.07, 6.45) is 11.3. The van der Waals surface area contributed by atoms with E-state index in [1.165, 1.54) is 49.7 Å². The molecule has 0 spiro atoms. The summed E-state index contributed by atoms with van der Waals surface area (Å²) < 4.78 is 6.09. The van der Waals surface area contributed by atoms with Gasteiger partial charge in [0.15, 0.2) is 0 Å². The molecule has 0 radical (unpaired) electrons. The Morgan fingerprint density at radius 2 is 1.61 bits per heavy atom. The van der Waals surface area contributed by atoms with Gasteiger partial charge < -0.3 is 9.64 Å². The molecule has 0 N–H and O–H groups in total. The van der Waals surface area contributed by atoms with Crippen molar-refractivity contribution in [2.24, 2.45) is 0 Å². The van der Waals surface area contributed by atoms with Gasteiger partial charge in [0.1, 0.15) is 5.75 Å². The first-order chi connectivity index (χ1) is 13.4. The minimum Gasteiger partial charge on any atom is -0.493 e. The molecule has 0 aromatic heterocycles. The standard InChI is InChI=1S/C25H41NO2/c1-21-15-16-23(22(20-21)25(2,3)4)28-19-13-9-10-14-24(27)26-17-11-7-5-6-8-12-18-26/h15-16,20H,5-14,17-19H2,1-4H3. The molecule has 1 aromatic carbocycles. The molecule has 0 unspecified atom stereocenters. The maximum Gasteiger partial charge on any atom is 0.222 e. The molecule has 3 nitrogen and oxygen atoms in total. The van der Waals surface area contributed by atoms with Crippen molar-refractivity contribution in [1.82, 2.24) is 4.90 Å². The van der Waals surface area contributed by atoms with Gasteiger partial charge in [0, 0.05) is 19.5 Å². The van der Waals surface area contributed by atoms with Gasteiger partial charge in [-0.1, -0.05) is 64.2 Å². The fourth-order valence-electron chi connectivity index (χ4n) is 3.92. The number of carbonyl (C=O) groups excluding carboxylic acids is 1. The van der Waals surface area contributed by atoms with Crippen LogP contribution in [0.2, 0.25) is 0 Å². The molecule has 1 aliphatic rings. The summed E-state index contributed by atoms with van der Waals surface area (Å²) in [6.45, 7) is 11.5. The van der Waals surface area contributed by atoms with Crippen LogP contribution in [0.15, 0.2) is 18.2 Å². The van der Waals surface area contributed by atoms with Crippen molar-refractivity contribution < 1.29 is 9.53 Å². The number of rotatable bonds is 7. The summed E-state index contributed by atoms with van der Waals surface area (Å²) in [7, 11) is 0. The van der Waals surface area contributed by atoms with Gasteiger partial charge in [0.2, 0.25) is 5.91 Å². The maximum atomic E-state index is 12.5. The Bertz CT molecular complexity index is 593. The van der Waals surface area contributed by atoms with Crippen molar-refractivity contribution in [1.29, 1.82) is 0 Å². The van der Waals surface area contributed by atoms with Crippen LogP contribution in [0.5, 0.6) is 5.75 Å². The molecule has 1 fully saturated rings. The number of amides is 1. The van der Waals surface area contributed by atoms with E-state index in [2.05, 4.69) is 50.8 Å². The number of benzene rings is 1. The lowest BCUT2D eigenvalue weighted by Gasteiger charge is -2.23. The summed E-state index contributed by atoms with van der Waals surface area (Å²) in [5, 5.41) is 0. The molecule has 1 aromatic rings. The van der Waals surface area contributed by atoms with Crippen LogP contribution in [-0.4, -0.2) is 30.5 Å². The van der Waals surface area contributed by atoms with Crippen molar-refractivity contribution >= 4 is 5.91 Å². The van der Waals surface area contributed by atoms with E-state index in [0.717, 1.165) is 44.7 Å². The Balaban J connectivity index is 1.68. The average molecular weight is 388 g/mol. The second-order valence-electron chi connectivity index (χ2n) is 9.41. The number of carbonyl (C=O) groups is 1. The van der Waals surface area contributed by atoms with Crippen molar-refractivity contribution in [2.45, 2.75) is 97.3 Å². The zero-order valence-electron chi connectivity index (χ0n) is 18.7. The highest BCUT2D eigenvalue weighted by Crippen LogP contribution is 2.32. The molecule has 158 valence electrons. The Morgan fingerprint density at radius 3 is 2.25 bits per heavy atom. The van der Waals surface area contributed by atoms with Crippen LogP contribution >= 0.6 is 0 Å². The normalized spacial score (nSPS) is 16.2. The van der Waals surface area contributed by atoms with Crippen LogP contribution in [0, 0.1) is 6.92 Å². The minimum atomic E-state index is 0.0820. The molecular weight excluding hydrogens is 346 g/mol. The molecule has 1 saturated heterocycles. The van der Waals surface area contributed by atoms with Crippen molar-refractivity contribution in [2.75, 3.05) is 19.7 Å². The fraction of sp³-hybridized carbons (Fsp3) is 0.720. The number of ether oxygens (including phenoxy) is 1. The van der Waals surface area contributed by atoms with E-state index in [9.17, 15) is 4.79 Å². The van der Waals surface area contributed by atoms with Gasteiger partial charge in [0.25, 0.3) is 0 Å². The van der Waals surface area contributed by atoms with Gasteiger partial charge in [0.05, 0.1) is 6.61 Å². The third kappa shape index (κ3) is 7.85. The maximum absolute atomic E-state index is 12.5. The average Bonchev–Trinajstić information content (AvgIpc) is 2.78. The van der Waals surface area contributed by atoms with Crippen LogP contribution in [0.1, 0.15) is 96.1 Å². The molecule has 3 heteroatoms. The minimum absolute atomic E-state index is 0.0820. The second kappa shape index (κ2) is 11.5. The van der Waals surface area contributed by atoms with Crippen molar-refractivity contribution in [3.63, 3.8) is 0 Å². The SMILES string of the molecule is Cc1ccc(OCCCCCC(=O)N2CCCCCCCC2)c(C(C)(C)C)c1. The van der Waals surface area contributed by atoms with Gasteiger partial charge in [-0.25, -0.2) is 0 Å². The van der Waals surface area contributed by atoms with E-state index in [4.69, 9.17) is 4.74 Å². The summed E-state index contributed by atoms with van der Waals surface area (Å²) in [4.78, 5) is 14.6. The second-order valence-corrected chi connectivity index (χ2v) is 9.41. The van der Waals surface area contributed by atoms with Crippen LogP contribution in [-0.2, 0) is 10.2 Å². The largest absolute Gasteiger partial charge is 0.493 e. The quantitative estimate of drug-likeness (QED) is 0.506. The lowest BCUT2D eigenvalue weighted by atomic mass is 9.85. The molecule has 0 saturated carbocycles. The molecule has 1 amide bonds. The van der Waals surface area contributed by atoms with E-state index in [1.54, 1.807) is 0 Å². The van der Waals surface area contributed by atoms with Crippen molar-refractivity contribution in [3.8, 4) is 5.75 Å². The number of nitrogens with zero attached hydrogens (tertiary/aromatic N) is 1. The van der Waals surface area contributed by atoms with Gasteiger partial charge in [-0.2, -0.15) is 0 Å². The number of hydrogen-bond donors (Lipinski definition) is 0. The molecule has 0 bridgehead atoms. The monoisotopic (exact) mass is 387 g/mol. The first-order valence-corrected chi connectivity index (χ1v) is 11.4. The number of hydrogen-bond acceptors (Lipinski definition) is 2. The Kier molecular flexibility index (Phi) is 9.34. The van der Waals surface area contributed by atoms with E-state index in [-0.39, 0.29) is 5.41 Å². The molecule has 0 atom stereocenters. The summed E-state index contributed by atoms with van der Waals surface area (Å²) >= 11 is 0. The third-order valence-electron chi connectivity index (χ3n) is 5.69. The summed E-state index contributed by atoms with van der Waals surface area (Å²) in [5.41, 5.74) is 2.63. The molecule has 1 heterocycles. The number of unbranched alkanes of at least 4 members (excludes halogenated alkanes) is 2. The molecule has 0 aliphatic carbocycles. The Morgan fingerprint density at radius 1 is 0.964 bits per heavy atom. The highest BCUT2D eigenvalue weighted by Gasteiger charge is 2.19. The summed E-state index contributed by atoms with van der Waals surface area (Å²) in [6, 6.07) is 6.46. The summed E-state index contributed by atoms with van der Waals surface area (Å²) in [5.74, 6) is 1.36. The predicted octanol–water partition coefficient (Wildman–Crippen LogP) is 6.41. The molecule has 28 heavy (non-hydrogen) atoms. The zero-order valence-corrected chi connectivity index (χ0v) is 18.7. The van der Waals surface area contributed by atoms with Crippen LogP contribution in [0.3, 0.4) is 0 Å². The van der Waals surface area contributed by atoms with Crippen LogP contribution in [0.4, 0.5) is 0 Å². The van der Waals surface area contributed by atoms with Crippen LogP contribution < -0.4 is 4.74 Å². The zero-order chi connectivity index (χ0) is 20.4. The molecular formula is C25H41NO2. The molecule has 2 rings (SSSR count). The highest BCUT2D eigenvalue weighted by molar-refractivity contribution is 5.76. The third-order valence-corrected chi connectivity index (χ3v) is 5.69. The van der Waals surface area contributed by atoms with E-state index >= 15 is 0 Å². The predicted molar refractivity (Wildman–Crippen MR) is 118 cm³/mol. The van der Waals surface area contributed by atoms with Gasteiger partial charge in [-0.15, -0.1) is 0 Å². The topological polar surface area (TPSA) is 29.5 Å². The van der Waals surface area contributed by atoms with Gasteiger partial charge in [-0.05, 0) is 56.1 Å². The van der Waals surface area contributed by atoms with E-state index in [1.807, 2.05) is 0 Å². The van der Waals surface area contributed by atoms with Gasteiger partial charge >= 0.3 is 0 Å². The van der Waals surface area contributed by atoms with Gasteiger partial charge in [-0.3, -0.25) is 4.79 Å². The lowest BCUT2D eigenvalue weighted by molar-refractivity contribution is -0.131. The van der Waals surface area contributed by atoms with E-state index in [0.29, 0.717) is 12.3 Å². The highest BCUT2D eigenvalue weighted by atomic mass is 16.5.